The number of esters is 1. The summed E-state index contributed by atoms with van der Waals surface area (Å²) in [5.74, 6) is -2.40. The first kappa shape index (κ1) is 24.9. The van der Waals surface area contributed by atoms with Crippen molar-refractivity contribution in [3.05, 3.63) is 24.3 Å². The molecule has 8 heteroatoms. The van der Waals surface area contributed by atoms with Crippen molar-refractivity contribution in [3.8, 4) is 0 Å². The molecule has 4 rings (SSSR count). The van der Waals surface area contributed by atoms with Gasteiger partial charge in [-0.25, -0.2) is 0 Å². The summed E-state index contributed by atoms with van der Waals surface area (Å²) < 4.78 is 12.1. The second kappa shape index (κ2) is 9.82. The number of nitrogens with zero attached hydrogens (tertiary/aromatic N) is 2. The van der Waals surface area contributed by atoms with Crippen LogP contribution in [0.25, 0.3) is 0 Å². The fraction of sp³-hybridized carbons (Fsp3) is 0.731. The Morgan fingerprint density at radius 3 is 2.59 bits per heavy atom. The average Bonchev–Trinajstić information content (AvgIpc) is 3.04. The minimum atomic E-state index is -1.21. The van der Waals surface area contributed by atoms with E-state index in [4.69, 9.17) is 14.6 Å². The molecule has 0 aliphatic carbocycles. The fourth-order valence-electron chi connectivity index (χ4n) is 6.33. The van der Waals surface area contributed by atoms with Crippen LogP contribution in [0.4, 0.5) is 0 Å². The van der Waals surface area contributed by atoms with Gasteiger partial charge in [-0.05, 0) is 39.2 Å². The fourth-order valence-corrected chi connectivity index (χ4v) is 6.33. The van der Waals surface area contributed by atoms with Crippen molar-refractivity contribution in [3.63, 3.8) is 0 Å². The van der Waals surface area contributed by atoms with Crippen LogP contribution in [-0.4, -0.2) is 82.3 Å². The number of likely N-dealkylation sites (tertiary alicyclic amines) is 1. The Balaban J connectivity index is 1.73. The van der Waals surface area contributed by atoms with Crippen LogP contribution >= 0.6 is 0 Å². The number of unbranched alkanes of at least 4 members (excludes halogenated alkanes) is 3. The van der Waals surface area contributed by atoms with E-state index >= 15 is 0 Å². The lowest BCUT2D eigenvalue weighted by atomic mass is 9.74. The molecule has 0 radical (unpaired) electrons. The van der Waals surface area contributed by atoms with E-state index in [-0.39, 0.29) is 31.1 Å². The topological polar surface area (TPSA) is 96.4 Å². The van der Waals surface area contributed by atoms with E-state index in [1.807, 2.05) is 37.0 Å². The summed E-state index contributed by atoms with van der Waals surface area (Å²) in [7, 11) is 0. The number of ether oxygens (including phenoxy) is 2. The lowest BCUT2D eigenvalue weighted by Crippen LogP contribution is -2.57. The molecule has 4 heterocycles. The first-order chi connectivity index (χ1) is 16.3. The van der Waals surface area contributed by atoms with Crippen LogP contribution < -0.4 is 0 Å². The van der Waals surface area contributed by atoms with E-state index in [0.29, 0.717) is 13.1 Å². The number of carbonyl (C=O) groups is 3. The molecule has 1 N–H and O–H groups in total. The summed E-state index contributed by atoms with van der Waals surface area (Å²) in [6, 6.07) is -0.781. The van der Waals surface area contributed by atoms with E-state index < -0.39 is 35.0 Å². The van der Waals surface area contributed by atoms with Gasteiger partial charge in [-0.1, -0.05) is 44.4 Å². The number of fused-ring (bicyclic) bond motifs is 2. The van der Waals surface area contributed by atoms with Crippen LogP contribution in [-0.2, 0) is 23.9 Å². The predicted molar refractivity (Wildman–Crippen MR) is 126 cm³/mol. The van der Waals surface area contributed by atoms with Gasteiger partial charge in [0.2, 0.25) is 11.8 Å². The van der Waals surface area contributed by atoms with Crippen molar-refractivity contribution in [2.75, 3.05) is 26.3 Å². The molecule has 4 aliphatic rings. The largest absolute Gasteiger partial charge is 0.461 e. The van der Waals surface area contributed by atoms with Crippen molar-refractivity contribution < 1.29 is 29.0 Å². The molecule has 2 fully saturated rings. The van der Waals surface area contributed by atoms with Crippen molar-refractivity contribution in [2.24, 2.45) is 11.8 Å². The number of carbonyl (C=O) groups excluding carboxylic acids is 3. The van der Waals surface area contributed by atoms with E-state index in [9.17, 15) is 14.4 Å². The van der Waals surface area contributed by atoms with Crippen molar-refractivity contribution in [1.29, 1.82) is 0 Å². The average molecular weight is 475 g/mol. The van der Waals surface area contributed by atoms with Gasteiger partial charge < -0.3 is 24.4 Å². The third kappa shape index (κ3) is 3.98. The minimum absolute atomic E-state index is 0.0326. The second-order valence-corrected chi connectivity index (χ2v) is 10.2. The van der Waals surface area contributed by atoms with Crippen LogP contribution in [0.3, 0.4) is 0 Å². The second-order valence-electron chi connectivity index (χ2n) is 10.2. The zero-order valence-electron chi connectivity index (χ0n) is 20.6. The van der Waals surface area contributed by atoms with Crippen molar-refractivity contribution in [1.82, 2.24) is 9.80 Å². The standard InChI is InChI=1S/C26H38N2O6/c1-4-11-18(2)27-15-9-13-26-19(20-24(32)33-17-10-12-25(20,3)34-26)22(30)28(21(26)23(27)31)14-7-5-6-8-16-29/h9-10,12-13,18-21,29H,4-8,11,14-17H2,1-3H3/t18?,19-,20+,21?,25-,26-/m0/s1. The lowest BCUT2D eigenvalue weighted by Gasteiger charge is -2.38. The first-order valence-corrected chi connectivity index (χ1v) is 12.7. The number of cyclic esters (lactones) is 1. The highest BCUT2D eigenvalue weighted by molar-refractivity contribution is 5.99. The van der Waals surface area contributed by atoms with Gasteiger partial charge in [-0.15, -0.1) is 0 Å². The normalized spacial score (nSPS) is 35.5. The van der Waals surface area contributed by atoms with Gasteiger partial charge in [-0.2, -0.15) is 0 Å². The van der Waals surface area contributed by atoms with Gasteiger partial charge in [0.15, 0.2) is 0 Å². The number of hydrogen-bond donors (Lipinski definition) is 1. The molecule has 2 amide bonds. The maximum Gasteiger partial charge on any atom is 0.313 e. The summed E-state index contributed by atoms with van der Waals surface area (Å²) in [6.07, 6.45) is 12.4. The summed E-state index contributed by atoms with van der Waals surface area (Å²) >= 11 is 0. The van der Waals surface area contributed by atoms with Crippen LogP contribution in [0, 0.1) is 11.8 Å². The van der Waals surface area contributed by atoms with Crippen molar-refractivity contribution >= 4 is 17.8 Å². The molecule has 2 unspecified atom stereocenters. The summed E-state index contributed by atoms with van der Waals surface area (Å²) in [6.45, 7) is 7.12. The number of aliphatic hydroxyl groups is 1. The third-order valence-corrected chi connectivity index (χ3v) is 7.89. The van der Waals surface area contributed by atoms with Crippen LogP contribution in [0.1, 0.15) is 59.3 Å². The molecule has 8 nitrogen and oxygen atoms in total. The molecule has 188 valence electrons. The van der Waals surface area contributed by atoms with E-state index in [2.05, 4.69) is 6.92 Å². The Hall–Kier alpha value is -2.19. The highest BCUT2D eigenvalue weighted by Gasteiger charge is 2.74. The first-order valence-electron chi connectivity index (χ1n) is 12.7. The van der Waals surface area contributed by atoms with Crippen LogP contribution in [0.5, 0.6) is 0 Å². The molecule has 6 atom stereocenters. The molecule has 2 saturated heterocycles. The number of hydrogen-bond acceptors (Lipinski definition) is 6. The van der Waals surface area contributed by atoms with E-state index in [1.165, 1.54) is 0 Å². The van der Waals surface area contributed by atoms with E-state index in [0.717, 1.165) is 38.5 Å². The summed E-state index contributed by atoms with van der Waals surface area (Å²) in [5.41, 5.74) is -2.23. The number of rotatable bonds is 9. The van der Waals surface area contributed by atoms with Gasteiger partial charge in [0.25, 0.3) is 0 Å². The Kier molecular flexibility index (Phi) is 7.20. The third-order valence-electron chi connectivity index (χ3n) is 7.89. The maximum atomic E-state index is 14.1. The summed E-state index contributed by atoms with van der Waals surface area (Å²) in [4.78, 5) is 44.6. The van der Waals surface area contributed by atoms with Gasteiger partial charge in [0.05, 0.1) is 11.5 Å². The highest BCUT2D eigenvalue weighted by atomic mass is 16.6. The van der Waals surface area contributed by atoms with Gasteiger partial charge in [0, 0.05) is 25.7 Å². The monoisotopic (exact) mass is 474 g/mol. The van der Waals surface area contributed by atoms with Gasteiger partial charge in [0.1, 0.15) is 24.2 Å². The SMILES string of the molecule is CCCC(C)N1CC=C[C@]23O[C@@]4(C)C=CCOC(=O)[C@H]4[C@H]2C(=O)N(CCCCCCO)C3C1=O. The molecule has 0 saturated carbocycles. The Bertz CT molecular complexity index is 871. The van der Waals surface area contributed by atoms with Crippen LogP contribution in [0.15, 0.2) is 24.3 Å². The molecule has 0 aromatic rings. The summed E-state index contributed by atoms with van der Waals surface area (Å²) in [5, 5.41) is 9.07. The smallest absolute Gasteiger partial charge is 0.313 e. The number of aliphatic hydroxyl groups excluding tert-OH is 1. The zero-order valence-corrected chi connectivity index (χ0v) is 20.6. The van der Waals surface area contributed by atoms with Crippen LogP contribution in [0.2, 0.25) is 0 Å². The maximum absolute atomic E-state index is 14.1. The van der Waals surface area contributed by atoms with Crippen molar-refractivity contribution in [2.45, 2.75) is 82.6 Å². The molecule has 1 spiro atoms. The zero-order chi connectivity index (χ0) is 24.5. The Morgan fingerprint density at radius 2 is 1.85 bits per heavy atom. The number of amides is 2. The molecule has 0 aromatic heterocycles. The molecule has 34 heavy (non-hydrogen) atoms. The predicted octanol–water partition coefficient (Wildman–Crippen LogP) is 2.21. The lowest BCUT2D eigenvalue weighted by molar-refractivity contribution is -0.158. The Labute approximate surface area is 201 Å². The van der Waals surface area contributed by atoms with Gasteiger partial charge >= 0.3 is 5.97 Å². The minimum Gasteiger partial charge on any atom is -0.461 e. The van der Waals surface area contributed by atoms with E-state index in [1.54, 1.807) is 11.0 Å². The Morgan fingerprint density at radius 1 is 1.09 bits per heavy atom. The molecular formula is C26H38N2O6. The molecule has 0 bridgehead atoms. The molecule has 0 aromatic carbocycles. The molecule has 4 aliphatic heterocycles. The van der Waals surface area contributed by atoms with Gasteiger partial charge in [-0.3, -0.25) is 14.4 Å². The quantitative estimate of drug-likeness (QED) is 0.313. The molecular weight excluding hydrogens is 436 g/mol. The highest BCUT2D eigenvalue weighted by Crippen LogP contribution is 2.57.